The summed E-state index contributed by atoms with van der Waals surface area (Å²) in [4.78, 5) is 4.36. The molecule has 0 spiro atoms. The molecule has 21 heavy (non-hydrogen) atoms. The van der Waals surface area contributed by atoms with Gasteiger partial charge in [-0.25, -0.2) is 12.7 Å². The van der Waals surface area contributed by atoms with Crippen molar-refractivity contribution in [3.05, 3.63) is 0 Å². The number of thioether (sulfide) groups is 1. The first-order valence-electron chi connectivity index (χ1n) is 7.22. The van der Waals surface area contributed by atoms with Crippen LogP contribution in [0.1, 0.15) is 19.8 Å². The summed E-state index contributed by atoms with van der Waals surface area (Å²) in [5.41, 5.74) is 0. The molecule has 6 nitrogen and oxygen atoms in total. The average molecular weight is 448 g/mol. The molecule has 0 atom stereocenters. The molecule has 1 aliphatic carbocycles. The average Bonchev–Trinajstić information content (AvgIpc) is 3.24. The molecule has 0 aromatic carbocycles. The van der Waals surface area contributed by atoms with Crippen molar-refractivity contribution in [2.45, 2.75) is 25.8 Å². The van der Waals surface area contributed by atoms with E-state index in [0.29, 0.717) is 25.7 Å². The normalized spacial score (nSPS) is 20.7. The fourth-order valence-corrected chi connectivity index (χ4v) is 4.42. The quantitative estimate of drug-likeness (QED) is 0.356. The minimum atomic E-state index is -3.15. The van der Waals surface area contributed by atoms with Crippen LogP contribution in [0.4, 0.5) is 0 Å². The lowest BCUT2D eigenvalue weighted by Gasteiger charge is -2.25. The maximum atomic E-state index is 12.2. The zero-order chi connectivity index (χ0) is 14.4. The number of aliphatic imine (C=N–C) groups is 1. The number of rotatable bonds is 6. The summed E-state index contributed by atoms with van der Waals surface area (Å²) in [5, 5.41) is 6.43. The van der Waals surface area contributed by atoms with E-state index in [4.69, 9.17) is 0 Å². The summed E-state index contributed by atoms with van der Waals surface area (Å²) in [6, 6.07) is 0.517. The third kappa shape index (κ3) is 6.91. The summed E-state index contributed by atoms with van der Waals surface area (Å²) in [7, 11) is -3.15. The van der Waals surface area contributed by atoms with Crippen molar-refractivity contribution in [1.29, 1.82) is 0 Å². The predicted octanol–water partition coefficient (Wildman–Crippen LogP) is 0.701. The van der Waals surface area contributed by atoms with Gasteiger partial charge in [0.25, 0.3) is 0 Å². The van der Waals surface area contributed by atoms with Gasteiger partial charge in [0.1, 0.15) is 0 Å². The van der Waals surface area contributed by atoms with E-state index in [-0.39, 0.29) is 29.7 Å². The van der Waals surface area contributed by atoms with Gasteiger partial charge in [0, 0.05) is 37.2 Å². The standard InChI is InChI=1S/C12H24N4O2S2.HI/c1-2-13-12(15-11-3-4-11)14-5-10-20(17,18)16-6-8-19-9-7-16;/h11H,2-10H2,1H3,(H2,13,14,15);1H. The lowest BCUT2D eigenvalue weighted by molar-refractivity contribution is 0.444. The Morgan fingerprint density at radius 3 is 2.57 bits per heavy atom. The van der Waals surface area contributed by atoms with Crippen LogP contribution < -0.4 is 10.6 Å². The maximum Gasteiger partial charge on any atom is 0.215 e. The maximum absolute atomic E-state index is 12.2. The van der Waals surface area contributed by atoms with Crippen LogP contribution in [0.2, 0.25) is 0 Å². The van der Waals surface area contributed by atoms with Crippen LogP contribution in [-0.4, -0.2) is 68.2 Å². The van der Waals surface area contributed by atoms with E-state index in [0.717, 1.165) is 24.0 Å². The molecule has 2 N–H and O–H groups in total. The van der Waals surface area contributed by atoms with Gasteiger partial charge in [0.15, 0.2) is 5.96 Å². The highest BCUT2D eigenvalue weighted by Crippen LogP contribution is 2.18. The molecule has 1 saturated carbocycles. The Kier molecular flexibility index (Phi) is 8.65. The first-order valence-corrected chi connectivity index (χ1v) is 9.98. The fourth-order valence-electron chi connectivity index (χ4n) is 1.97. The second kappa shape index (κ2) is 9.41. The van der Waals surface area contributed by atoms with Crippen molar-refractivity contribution in [1.82, 2.24) is 14.9 Å². The van der Waals surface area contributed by atoms with Gasteiger partial charge in [-0.1, -0.05) is 0 Å². The highest BCUT2D eigenvalue weighted by molar-refractivity contribution is 14.0. The van der Waals surface area contributed by atoms with Crippen molar-refractivity contribution >= 4 is 51.7 Å². The molecule has 0 aromatic heterocycles. The Morgan fingerprint density at radius 1 is 1.33 bits per heavy atom. The molecule has 9 heteroatoms. The van der Waals surface area contributed by atoms with Gasteiger partial charge in [-0.15, -0.1) is 24.0 Å². The third-order valence-electron chi connectivity index (χ3n) is 3.25. The van der Waals surface area contributed by atoms with E-state index in [9.17, 15) is 8.42 Å². The SMILES string of the molecule is CCNC(=NCCS(=O)(=O)N1CCSCC1)NC1CC1.I. The molecule has 124 valence electrons. The van der Waals surface area contributed by atoms with Crippen LogP contribution in [0, 0.1) is 0 Å². The minimum Gasteiger partial charge on any atom is -0.357 e. The van der Waals surface area contributed by atoms with E-state index in [1.165, 1.54) is 12.8 Å². The molecule has 1 heterocycles. The van der Waals surface area contributed by atoms with Crippen LogP contribution in [0.25, 0.3) is 0 Å². The van der Waals surface area contributed by atoms with E-state index >= 15 is 0 Å². The third-order valence-corrected chi connectivity index (χ3v) is 6.04. The number of sulfonamides is 1. The van der Waals surface area contributed by atoms with Crippen molar-refractivity contribution in [3.63, 3.8) is 0 Å². The number of halogens is 1. The minimum absolute atomic E-state index is 0. The first kappa shape index (κ1) is 19.3. The summed E-state index contributed by atoms with van der Waals surface area (Å²) < 4.78 is 25.9. The highest BCUT2D eigenvalue weighted by atomic mass is 127. The van der Waals surface area contributed by atoms with Gasteiger partial charge in [-0.05, 0) is 19.8 Å². The van der Waals surface area contributed by atoms with Crippen molar-refractivity contribution in [2.75, 3.05) is 43.4 Å². The van der Waals surface area contributed by atoms with Gasteiger partial charge >= 0.3 is 0 Å². The van der Waals surface area contributed by atoms with Gasteiger partial charge in [0.2, 0.25) is 10.0 Å². The second-order valence-corrected chi connectivity index (χ2v) is 8.32. The summed E-state index contributed by atoms with van der Waals surface area (Å²) >= 11 is 1.81. The van der Waals surface area contributed by atoms with Crippen molar-refractivity contribution in [2.24, 2.45) is 4.99 Å². The number of hydrogen-bond donors (Lipinski definition) is 2. The molecule has 2 rings (SSSR count). The Bertz CT molecular complexity index is 435. The van der Waals surface area contributed by atoms with Crippen LogP contribution >= 0.6 is 35.7 Å². The molecule has 0 radical (unpaired) electrons. The monoisotopic (exact) mass is 448 g/mol. The molecule has 1 aliphatic heterocycles. The summed E-state index contributed by atoms with van der Waals surface area (Å²) in [5.74, 6) is 2.63. The van der Waals surface area contributed by atoms with E-state index in [1.807, 2.05) is 18.7 Å². The first-order chi connectivity index (χ1) is 9.62. The van der Waals surface area contributed by atoms with E-state index in [1.54, 1.807) is 4.31 Å². The molecule has 0 bridgehead atoms. The van der Waals surface area contributed by atoms with Gasteiger partial charge in [0.05, 0.1) is 12.3 Å². The van der Waals surface area contributed by atoms with Gasteiger partial charge in [-0.2, -0.15) is 11.8 Å². The largest absolute Gasteiger partial charge is 0.357 e. The Morgan fingerprint density at radius 2 is 2.00 bits per heavy atom. The van der Waals surface area contributed by atoms with Crippen LogP contribution in [0.15, 0.2) is 4.99 Å². The molecule has 2 fully saturated rings. The molecular formula is C12H25IN4O2S2. The summed E-state index contributed by atoms with van der Waals surface area (Å²) in [6.07, 6.45) is 2.35. The Labute approximate surface area is 149 Å². The van der Waals surface area contributed by atoms with Crippen LogP contribution in [-0.2, 0) is 10.0 Å². The Hall–Kier alpha value is 0.260. The number of nitrogens with zero attached hydrogens (tertiary/aromatic N) is 2. The molecule has 1 saturated heterocycles. The highest BCUT2D eigenvalue weighted by Gasteiger charge is 2.24. The number of hydrogen-bond acceptors (Lipinski definition) is 4. The Balaban J connectivity index is 0.00000220. The number of guanidine groups is 1. The zero-order valence-corrected chi connectivity index (χ0v) is 16.3. The smallest absolute Gasteiger partial charge is 0.215 e. The molecular weight excluding hydrogens is 423 g/mol. The molecule has 2 aliphatic rings. The van der Waals surface area contributed by atoms with E-state index in [2.05, 4.69) is 15.6 Å². The molecule has 0 aromatic rings. The lowest BCUT2D eigenvalue weighted by atomic mass is 10.6. The molecule has 0 unspecified atom stereocenters. The summed E-state index contributed by atoms with van der Waals surface area (Å²) in [6.45, 7) is 4.38. The van der Waals surface area contributed by atoms with Crippen molar-refractivity contribution in [3.8, 4) is 0 Å². The van der Waals surface area contributed by atoms with E-state index < -0.39 is 10.0 Å². The van der Waals surface area contributed by atoms with Crippen molar-refractivity contribution < 1.29 is 8.42 Å². The van der Waals surface area contributed by atoms with Gasteiger partial charge in [-0.3, -0.25) is 4.99 Å². The van der Waals surface area contributed by atoms with Crippen LogP contribution in [0.5, 0.6) is 0 Å². The molecule has 0 amide bonds. The lowest BCUT2D eigenvalue weighted by Crippen LogP contribution is -2.41. The predicted molar refractivity (Wildman–Crippen MR) is 100 cm³/mol. The van der Waals surface area contributed by atoms with Crippen LogP contribution in [0.3, 0.4) is 0 Å². The number of nitrogens with one attached hydrogen (secondary N) is 2. The fraction of sp³-hybridized carbons (Fsp3) is 0.917. The second-order valence-electron chi connectivity index (χ2n) is 5.01. The zero-order valence-electron chi connectivity index (χ0n) is 12.4. The van der Waals surface area contributed by atoms with Gasteiger partial charge < -0.3 is 10.6 Å². The topological polar surface area (TPSA) is 73.8 Å².